The first-order valence-corrected chi connectivity index (χ1v) is 6.28. The van der Waals surface area contributed by atoms with E-state index >= 15 is 0 Å². The summed E-state index contributed by atoms with van der Waals surface area (Å²) < 4.78 is 5.58. The zero-order chi connectivity index (χ0) is 13.0. The van der Waals surface area contributed by atoms with Crippen LogP contribution in [0.1, 0.15) is 18.9 Å². The first-order chi connectivity index (χ1) is 8.76. The van der Waals surface area contributed by atoms with Crippen molar-refractivity contribution in [2.24, 2.45) is 0 Å². The number of rotatable bonds is 4. The lowest BCUT2D eigenvalue weighted by Gasteiger charge is -2.14. The third-order valence-corrected chi connectivity index (χ3v) is 3.00. The van der Waals surface area contributed by atoms with Crippen molar-refractivity contribution in [3.05, 3.63) is 48.0 Å². The van der Waals surface area contributed by atoms with Crippen LogP contribution in [-0.4, -0.2) is 7.11 Å². The molecular weight excluding hydrogens is 222 g/mol. The van der Waals surface area contributed by atoms with E-state index in [4.69, 9.17) is 10.5 Å². The van der Waals surface area contributed by atoms with Gasteiger partial charge in [0.25, 0.3) is 0 Å². The van der Waals surface area contributed by atoms with Gasteiger partial charge in [0.2, 0.25) is 0 Å². The van der Waals surface area contributed by atoms with Crippen molar-refractivity contribution in [1.82, 2.24) is 0 Å². The van der Waals surface area contributed by atoms with Gasteiger partial charge in [-0.05, 0) is 29.7 Å². The van der Waals surface area contributed by atoms with E-state index in [0.717, 1.165) is 35.4 Å². The molecule has 2 aromatic carbocycles. The summed E-state index contributed by atoms with van der Waals surface area (Å²) in [6, 6.07) is 14.2. The normalized spacial score (nSPS) is 10.3. The molecule has 2 heteroatoms. The minimum absolute atomic E-state index is 0.790. The van der Waals surface area contributed by atoms with Crippen LogP contribution in [-0.2, 0) is 6.42 Å². The first-order valence-electron chi connectivity index (χ1n) is 6.28. The maximum absolute atomic E-state index is 6.00. The standard InChI is InChI=1S/C16H19NO/c1-3-7-13-10-14(17)11-15(16(13)18-2)12-8-5-4-6-9-12/h4-6,8-11H,3,7,17H2,1-2H3. The average molecular weight is 241 g/mol. The van der Waals surface area contributed by atoms with Crippen molar-refractivity contribution in [3.8, 4) is 16.9 Å². The van der Waals surface area contributed by atoms with Crippen LogP contribution in [0.4, 0.5) is 5.69 Å². The van der Waals surface area contributed by atoms with Crippen molar-refractivity contribution in [1.29, 1.82) is 0 Å². The Balaban J connectivity index is 2.59. The van der Waals surface area contributed by atoms with Crippen molar-refractivity contribution >= 4 is 5.69 Å². The Hall–Kier alpha value is -1.96. The molecule has 0 aromatic heterocycles. The smallest absolute Gasteiger partial charge is 0.130 e. The molecule has 2 rings (SSSR count). The lowest BCUT2D eigenvalue weighted by molar-refractivity contribution is 0.411. The fourth-order valence-corrected chi connectivity index (χ4v) is 2.24. The van der Waals surface area contributed by atoms with E-state index < -0.39 is 0 Å². The average Bonchev–Trinajstić information content (AvgIpc) is 2.39. The van der Waals surface area contributed by atoms with Crippen LogP contribution in [0.2, 0.25) is 0 Å². The largest absolute Gasteiger partial charge is 0.496 e. The summed E-state index contributed by atoms with van der Waals surface area (Å²) in [7, 11) is 1.72. The zero-order valence-corrected chi connectivity index (χ0v) is 10.9. The van der Waals surface area contributed by atoms with Gasteiger partial charge in [0, 0.05) is 11.3 Å². The fraction of sp³-hybridized carbons (Fsp3) is 0.250. The van der Waals surface area contributed by atoms with Crippen molar-refractivity contribution in [2.75, 3.05) is 12.8 Å². The number of hydrogen-bond acceptors (Lipinski definition) is 2. The SMILES string of the molecule is CCCc1cc(N)cc(-c2ccccc2)c1OC. The zero-order valence-electron chi connectivity index (χ0n) is 10.9. The van der Waals surface area contributed by atoms with Crippen LogP contribution in [0, 0.1) is 0 Å². The minimum Gasteiger partial charge on any atom is -0.496 e. The summed E-state index contributed by atoms with van der Waals surface area (Å²) in [5.41, 5.74) is 10.2. The van der Waals surface area contributed by atoms with Crippen LogP contribution in [0.15, 0.2) is 42.5 Å². The van der Waals surface area contributed by atoms with Gasteiger partial charge in [0.1, 0.15) is 5.75 Å². The molecule has 0 saturated carbocycles. The van der Waals surface area contributed by atoms with E-state index in [1.54, 1.807) is 7.11 Å². The molecule has 0 spiro atoms. The van der Waals surface area contributed by atoms with E-state index in [9.17, 15) is 0 Å². The number of anilines is 1. The van der Waals surface area contributed by atoms with Gasteiger partial charge in [-0.2, -0.15) is 0 Å². The molecule has 0 bridgehead atoms. The van der Waals surface area contributed by atoms with Crippen molar-refractivity contribution < 1.29 is 4.74 Å². The summed E-state index contributed by atoms with van der Waals surface area (Å²) in [4.78, 5) is 0. The minimum atomic E-state index is 0.790. The molecule has 0 saturated heterocycles. The molecule has 0 atom stereocenters. The second-order valence-corrected chi connectivity index (χ2v) is 4.38. The molecule has 0 aliphatic rings. The first kappa shape index (κ1) is 12.5. The fourth-order valence-electron chi connectivity index (χ4n) is 2.24. The van der Waals surface area contributed by atoms with Crippen molar-refractivity contribution in [2.45, 2.75) is 19.8 Å². The number of hydrogen-bond donors (Lipinski definition) is 1. The molecule has 0 aliphatic heterocycles. The third kappa shape index (κ3) is 2.48. The molecule has 0 amide bonds. The molecule has 2 N–H and O–H groups in total. The monoisotopic (exact) mass is 241 g/mol. The molecule has 0 radical (unpaired) electrons. The van der Waals surface area contributed by atoms with E-state index in [1.807, 2.05) is 30.3 Å². The van der Waals surface area contributed by atoms with Crippen LogP contribution >= 0.6 is 0 Å². The molecule has 0 unspecified atom stereocenters. The Labute approximate surface area is 108 Å². The number of nitrogens with two attached hydrogens (primary N) is 1. The summed E-state index contributed by atoms with van der Waals surface area (Å²) >= 11 is 0. The van der Waals surface area contributed by atoms with Gasteiger partial charge in [-0.3, -0.25) is 0 Å². The maximum atomic E-state index is 6.00. The predicted molar refractivity (Wildman–Crippen MR) is 76.8 cm³/mol. The number of aryl methyl sites for hydroxylation is 1. The van der Waals surface area contributed by atoms with Crippen molar-refractivity contribution in [3.63, 3.8) is 0 Å². The van der Waals surface area contributed by atoms with E-state index in [-0.39, 0.29) is 0 Å². The van der Waals surface area contributed by atoms with Gasteiger partial charge in [-0.25, -0.2) is 0 Å². The Morgan fingerprint density at radius 1 is 1.11 bits per heavy atom. The Morgan fingerprint density at radius 3 is 2.44 bits per heavy atom. The van der Waals surface area contributed by atoms with Gasteiger partial charge < -0.3 is 10.5 Å². The third-order valence-electron chi connectivity index (χ3n) is 3.00. The molecular formula is C16H19NO. The number of benzene rings is 2. The summed E-state index contributed by atoms with van der Waals surface area (Å²) in [6.07, 6.45) is 2.06. The summed E-state index contributed by atoms with van der Waals surface area (Å²) in [5.74, 6) is 0.942. The van der Waals surface area contributed by atoms with Crippen LogP contribution in [0.3, 0.4) is 0 Å². The highest BCUT2D eigenvalue weighted by Crippen LogP contribution is 2.35. The Bertz CT molecular complexity index is 520. The second kappa shape index (κ2) is 5.58. The van der Waals surface area contributed by atoms with Gasteiger partial charge >= 0.3 is 0 Å². The molecule has 18 heavy (non-hydrogen) atoms. The molecule has 2 aromatic rings. The molecule has 94 valence electrons. The summed E-state index contributed by atoms with van der Waals surface area (Å²) in [5, 5.41) is 0. The number of nitrogen functional groups attached to an aromatic ring is 1. The highest BCUT2D eigenvalue weighted by Gasteiger charge is 2.11. The van der Waals surface area contributed by atoms with E-state index in [0.29, 0.717) is 0 Å². The molecule has 0 fully saturated rings. The molecule has 0 heterocycles. The van der Waals surface area contributed by atoms with E-state index in [2.05, 4.69) is 19.1 Å². The van der Waals surface area contributed by atoms with Gasteiger partial charge in [0.05, 0.1) is 7.11 Å². The highest BCUT2D eigenvalue weighted by molar-refractivity contribution is 5.76. The van der Waals surface area contributed by atoms with Crippen LogP contribution < -0.4 is 10.5 Å². The number of ether oxygens (including phenoxy) is 1. The Morgan fingerprint density at radius 2 is 1.83 bits per heavy atom. The lowest BCUT2D eigenvalue weighted by Crippen LogP contribution is -1.98. The molecule has 0 aliphatic carbocycles. The Kier molecular flexibility index (Phi) is 3.88. The van der Waals surface area contributed by atoms with E-state index in [1.165, 1.54) is 5.56 Å². The lowest BCUT2D eigenvalue weighted by atomic mass is 9.98. The van der Waals surface area contributed by atoms with Gasteiger partial charge in [-0.1, -0.05) is 43.7 Å². The highest BCUT2D eigenvalue weighted by atomic mass is 16.5. The summed E-state index contributed by atoms with van der Waals surface area (Å²) in [6.45, 7) is 2.16. The maximum Gasteiger partial charge on any atom is 0.130 e. The van der Waals surface area contributed by atoms with Gasteiger partial charge in [-0.15, -0.1) is 0 Å². The second-order valence-electron chi connectivity index (χ2n) is 4.38. The topological polar surface area (TPSA) is 35.2 Å². The predicted octanol–water partition coefficient (Wildman–Crippen LogP) is 3.90. The quantitative estimate of drug-likeness (QED) is 0.824. The molecule has 2 nitrogen and oxygen atoms in total. The van der Waals surface area contributed by atoms with Gasteiger partial charge in [0.15, 0.2) is 0 Å². The number of methoxy groups -OCH3 is 1. The van der Waals surface area contributed by atoms with Crippen LogP contribution in [0.25, 0.3) is 11.1 Å². The van der Waals surface area contributed by atoms with Crippen LogP contribution in [0.5, 0.6) is 5.75 Å².